The minimum absolute atomic E-state index is 0.0615. The number of aromatic nitrogens is 4. The average molecular weight is 285 g/mol. The summed E-state index contributed by atoms with van der Waals surface area (Å²) in [4.78, 5) is 14.3. The summed E-state index contributed by atoms with van der Waals surface area (Å²) in [5.41, 5.74) is 0.949. The first-order valence-electron chi connectivity index (χ1n) is 5.26. The highest BCUT2D eigenvalue weighted by Crippen LogP contribution is 2.06. The van der Waals surface area contributed by atoms with Gasteiger partial charge in [0.05, 0.1) is 24.8 Å². The van der Waals surface area contributed by atoms with E-state index >= 15 is 0 Å². The lowest BCUT2D eigenvalue weighted by molar-refractivity contribution is 0.612. The summed E-state index contributed by atoms with van der Waals surface area (Å²) in [6, 6.07) is 0. The molecule has 0 aliphatic carbocycles. The molecule has 2 heterocycles. The first-order chi connectivity index (χ1) is 9.02. The second kappa shape index (κ2) is 7.48. The van der Waals surface area contributed by atoms with Gasteiger partial charge in [0.15, 0.2) is 17.5 Å². The third kappa shape index (κ3) is 5.48. The van der Waals surface area contributed by atoms with Crippen molar-refractivity contribution < 1.29 is 8.78 Å². The molecule has 0 saturated carbocycles. The van der Waals surface area contributed by atoms with E-state index in [1.54, 1.807) is 0 Å². The lowest BCUT2D eigenvalue weighted by atomic mass is 10.3. The summed E-state index contributed by atoms with van der Waals surface area (Å²) in [6.45, 7) is 3.77. The molecule has 0 bridgehead atoms. The van der Waals surface area contributed by atoms with Crippen molar-refractivity contribution in [1.82, 2.24) is 19.9 Å². The van der Waals surface area contributed by atoms with Crippen LogP contribution < -0.4 is 0 Å². The summed E-state index contributed by atoms with van der Waals surface area (Å²) < 4.78 is 24.2. The topological polar surface area (TPSA) is 51.6 Å². The second-order valence-electron chi connectivity index (χ2n) is 3.37. The van der Waals surface area contributed by atoms with Crippen LogP contribution in [0.4, 0.5) is 8.78 Å². The zero-order valence-electron chi connectivity index (χ0n) is 10.3. The third-order valence-corrected chi connectivity index (χ3v) is 2.19. The first kappa shape index (κ1) is 15.1. The van der Waals surface area contributed by atoms with E-state index in [1.807, 2.05) is 19.9 Å². The maximum Gasteiger partial charge on any atom is 0.222 e. The van der Waals surface area contributed by atoms with Gasteiger partial charge in [-0.15, -0.1) is 0 Å². The van der Waals surface area contributed by atoms with Crippen LogP contribution in [0.25, 0.3) is 5.57 Å². The predicted octanol–water partition coefficient (Wildman–Crippen LogP) is 3.31. The number of halogens is 3. The number of nitrogens with zero attached hydrogens (tertiary/aromatic N) is 4. The second-order valence-corrected chi connectivity index (χ2v) is 3.70. The highest BCUT2D eigenvalue weighted by molar-refractivity contribution is 6.28. The molecule has 100 valence electrons. The van der Waals surface area contributed by atoms with E-state index < -0.39 is 11.6 Å². The summed E-state index contributed by atoms with van der Waals surface area (Å²) >= 11 is 5.22. The molecule has 2 aromatic rings. The molecule has 0 aliphatic rings. The Bertz CT molecular complexity index is 520. The molecule has 0 aliphatic heterocycles. The van der Waals surface area contributed by atoms with Gasteiger partial charge in [-0.25, -0.2) is 28.7 Å². The summed E-state index contributed by atoms with van der Waals surface area (Å²) in [7, 11) is 0. The van der Waals surface area contributed by atoms with Crippen molar-refractivity contribution in [2.24, 2.45) is 0 Å². The fourth-order valence-electron chi connectivity index (χ4n) is 0.942. The molecule has 4 nitrogen and oxygen atoms in total. The number of allylic oxidation sites excluding steroid dienone is 2. The molecule has 0 aromatic carbocycles. The molecule has 0 atom stereocenters. The van der Waals surface area contributed by atoms with Crippen LogP contribution in [-0.2, 0) is 0 Å². The van der Waals surface area contributed by atoms with Gasteiger partial charge in [-0.3, -0.25) is 0 Å². The zero-order chi connectivity index (χ0) is 14.3. The standard InChI is InChI=1S/C8H9FN2.C4H2ClFN2/c1-3-6(2)8-10-4-7(9)5-11-8;5-4-7-1-3(6)2-8-4/h3-5H,1-2H3;1-2H/b6-3+;. The summed E-state index contributed by atoms with van der Waals surface area (Å²) in [6.07, 6.45) is 6.22. The van der Waals surface area contributed by atoms with Crippen LogP contribution in [0.2, 0.25) is 5.28 Å². The highest BCUT2D eigenvalue weighted by Gasteiger charge is 1.96. The van der Waals surface area contributed by atoms with Crippen molar-refractivity contribution in [3.63, 3.8) is 0 Å². The molecule has 0 radical (unpaired) electrons. The molecular weight excluding hydrogens is 274 g/mol. The van der Waals surface area contributed by atoms with Crippen molar-refractivity contribution >= 4 is 17.2 Å². The fourth-order valence-corrected chi connectivity index (χ4v) is 1.04. The Morgan fingerprint density at radius 1 is 1.00 bits per heavy atom. The molecular formula is C12H11ClF2N4. The Labute approximate surface area is 114 Å². The summed E-state index contributed by atoms with van der Waals surface area (Å²) in [5, 5.41) is 0.0615. The van der Waals surface area contributed by atoms with Crippen molar-refractivity contribution in [2.75, 3.05) is 0 Å². The third-order valence-electron chi connectivity index (χ3n) is 1.99. The Hall–Kier alpha value is -1.95. The normalized spacial score (nSPS) is 10.7. The monoisotopic (exact) mass is 284 g/mol. The van der Waals surface area contributed by atoms with Crippen LogP contribution in [0.15, 0.2) is 30.9 Å². The SMILES string of the molecule is C/C=C(\C)c1ncc(F)cn1.Fc1cnc(Cl)nc1. The van der Waals surface area contributed by atoms with Gasteiger partial charge in [-0.1, -0.05) is 6.08 Å². The largest absolute Gasteiger partial charge is 0.234 e. The first-order valence-corrected chi connectivity index (χ1v) is 5.64. The lowest BCUT2D eigenvalue weighted by Crippen LogP contribution is -1.91. The molecule has 0 fully saturated rings. The molecule has 0 N–H and O–H groups in total. The van der Waals surface area contributed by atoms with Crippen LogP contribution in [0.3, 0.4) is 0 Å². The quantitative estimate of drug-likeness (QED) is 0.754. The van der Waals surface area contributed by atoms with Crippen molar-refractivity contribution in [3.05, 3.63) is 53.6 Å². The number of hydrogen-bond donors (Lipinski definition) is 0. The van der Waals surface area contributed by atoms with Crippen molar-refractivity contribution in [1.29, 1.82) is 0 Å². The van der Waals surface area contributed by atoms with E-state index in [0.717, 1.165) is 30.4 Å². The molecule has 19 heavy (non-hydrogen) atoms. The van der Waals surface area contributed by atoms with E-state index in [-0.39, 0.29) is 5.28 Å². The maximum absolute atomic E-state index is 12.3. The van der Waals surface area contributed by atoms with Crippen molar-refractivity contribution in [2.45, 2.75) is 13.8 Å². The molecule has 0 unspecified atom stereocenters. The lowest BCUT2D eigenvalue weighted by Gasteiger charge is -1.95. The van der Waals surface area contributed by atoms with Gasteiger partial charge in [0.25, 0.3) is 0 Å². The van der Waals surface area contributed by atoms with E-state index in [0.29, 0.717) is 5.82 Å². The smallest absolute Gasteiger partial charge is 0.222 e. The minimum atomic E-state index is -0.477. The van der Waals surface area contributed by atoms with Gasteiger partial charge in [-0.2, -0.15) is 0 Å². The Morgan fingerprint density at radius 2 is 1.42 bits per heavy atom. The zero-order valence-corrected chi connectivity index (χ0v) is 11.1. The Kier molecular flexibility index (Phi) is 5.95. The summed E-state index contributed by atoms with van der Waals surface area (Å²) in [5.74, 6) is -0.305. The van der Waals surface area contributed by atoms with Crippen LogP contribution in [-0.4, -0.2) is 19.9 Å². The van der Waals surface area contributed by atoms with Gasteiger partial charge in [-0.05, 0) is 31.0 Å². The van der Waals surface area contributed by atoms with Crippen LogP contribution >= 0.6 is 11.6 Å². The Balaban J connectivity index is 0.000000200. The predicted molar refractivity (Wildman–Crippen MR) is 68.3 cm³/mol. The van der Waals surface area contributed by atoms with E-state index in [9.17, 15) is 8.78 Å². The highest BCUT2D eigenvalue weighted by atomic mass is 35.5. The van der Waals surface area contributed by atoms with Crippen LogP contribution in [0.1, 0.15) is 19.7 Å². The van der Waals surface area contributed by atoms with Crippen LogP contribution in [0.5, 0.6) is 0 Å². The maximum atomic E-state index is 12.3. The van der Waals surface area contributed by atoms with Gasteiger partial charge in [0.1, 0.15) is 0 Å². The molecule has 0 spiro atoms. The van der Waals surface area contributed by atoms with E-state index in [1.165, 1.54) is 0 Å². The van der Waals surface area contributed by atoms with Gasteiger partial charge >= 0.3 is 0 Å². The molecule has 2 rings (SSSR count). The molecule has 2 aromatic heterocycles. The molecule has 0 saturated heterocycles. The van der Waals surface area contributed by atoms with Gasteiger partial charge in [0, 0.05) is 0 Å². The fraction of sp³-hybridized carbons (Fsp3) is 0.167. The average Bonchev–Trinajstić information content (AvgIpc) is 2.43. The van der Waals surface area contributed by atoms with Gasteiger partial charge < -0.3 is 0 Å². The minimum Gasteiger partial charge on any atom is -0.234 e. The van der Waals surface area contributed by atoms with Crippen LogP contribution in [0, 0.1) is 11.6 Å². The Morgan fingerprint density at radius 3 is 1.79 bits per heavy atom. The molecule has 7 heteroatoms. The molecule has 0 amide bonds. The van der Waals surface area contributed by atoms with E-state index in [4.69, 9.17) is 11.6 Å². The van der Waals surface area contributed by atoms with E-state index in [2.05, 4.69) is 19.9 Å². The van der Waals surface area contributed by atoms with Gasteiger partial charge in [0.2, 0.25) is 5.28 Å². The number of rotatable bonds is 1. The van der Waals surface area contributed by atoms with Crippen molar-refractivity contribution in [3.8, 4) is 0 Å². The number of hydrogen-bond acceptors (Lipinski definition) is 4.